The first-order chi connectivity index (χ1) is 5.20. The third kappa shape index (κ3) is 5.63. The van der Waals surface area contributed by atoms with Crippen molar-refractivity contribution >= 4 is 5.96 Å². The second-order valence-corrected chi connectivity index (χ2v) is 2.40. The normalized spacial score (nSPS) is 14.6. The number of methoxy groups -OCH3 is 1. The van der Waals surface area contributed by atoms with Gasteiger partial charge in [0.2, 0.25) is 5.96 Å². The predicted molar refractivity (Wildman–Crippen MR) is 42.5 cm³/mol. The Balaban J connectivity index is 3.50. The maximum Gasteiger partial charge on any atom is 0.212 e. The number of ether oxygens (including phenoxy) is 1. The molecule has 0 aromatic carbocycles. The zero-order valence-corrected chi connectivity index (χ0v) is 6.87. The molecule has 11 heavy (non-hydrogen) atoms. The molecule has 0 aliphatic heterocycles. The third-order valence-electron chi connectivity index (χ3n) is 1.14. The molecule has 0 heterocycles. The largest absolute Gasteiger partial charge is 0.384 e. The van der Waals surface area contributed by atoms with E-state index < -0.39 is 0 Å². The second-order valence-electron chi connectivity index (χ2n) is 2.40. The van der Waals surface area contributed by atoms with E-state index in [0.29, 0.717) is 19.1 Å². The zero-order chi connectivity index (χ0) is 8.69. The van der Waals surface area contributed by atoms with E-state index in [9.17, 15) is 0 Å². The first-order valence-corrected chi connectivity index (χ1v) is 3.39. The molecule has 66 valence electrons. The Hall–Kier alpha value is -0.810. The highest BCUT2D eigenvalue weighted by molar-refractivity contribution is 5.76. The molecule has 0 fully saturated rings. The minimum Gasteiger partial charge on any atom is -0.384 e. The molecule has 0 aliphatic rings. The molecule has 0 aliphatic carbocycles. The van der Waals surface area contributed by atoms with Crippen LogP contribution in [0.5, 0.6) is 0 Å². The molecule has 0 rings (SSSR count). The lowest BCUT2D eigenvalue weighted by molar-refractivity contribution is 0.162. The summed E-state index contributed by atoms with van der Waals surface area (Å²) in [5.74, 6) is 0.347. The highest BCUT2D eigenvalue weighted by Gasteiger charge is 1.98. The van der Waals surface area contributed by atoms with Crippen LogP contribution in [0.3, 0.4) is 0 Å². The van der Waals surface area contributed by atoms with Crippen molar-refractivity contribution in [2.45, 2.75) is 6.92 Å². The predicted octanol–water partition coefficient (Wildman–Crippen LogP) is -0.438. The lowest BCUT2D eigenvalue weighted by atomic mass is 10.2. The van der Waals surface area contributed by atoms with E-state index in [0.717, 1.165) is 0 Å². The van der Waals surface area contributed by atoms with Gasteiger partial charge >= 0.3 is 0 Å². The van der Waals surface area contributed by atoms with E-state index in [2.05, 4.69) is 4.99 Å². The van der Waals surface area contributed by atoms with Crippen LogP contribution in [0.1, 0.15) is 6.92 Å². The van der Waals surface area contributed by atoms with Crippen LogP contribution in [0.2, 0.25) is 0 Å². The number of hydrogen-bond acceptors (Lipinski definition) is 3. The van der Waals surface area contributed by atoms with Gasteiger partial charge in [0.15, 0.2) is 0 Å². The van der Waals surface area contributed by atoms with Crippen LogP contribution in [0, 0.1) is 5.92 Å². The maximum atomic E-state index is 8.24. The van der Waals surface area contributed by atoms with Gasteiger partial charge in [0.05, 0.1) is 6.61 Å². The van der Waals surface area contributed by atoms with Crippen LogP contribution < -0.4 is 11.2 Å². The zero-order valence-electron chi connectivity index (χ0n) is 6.87. The fourth-order valence-corrected chi connectivity index (χ4v) is 0.627. The molecule has 0 saturated carbocycles. The lowest BCUT2D eigenvalue weighted by Crippen LogP contribution is -2.29. The monoisotopic (exact) mass is 161 g/mol. The Morgan fingerprint density at radius 1 is 1.82 bits per heavy atom. The molecule has 0 aromatic rings. The molecule has 0 spiro atoms. The van der Waals surface area contributed by atoms with Crippen LogP contribution in [-0.4, -0.2) is 31.4 Å². The van der Waals surface area contributed by atoms with Crippen molar-refractivity contribution in [1.82, 2.24) is 5.48 Å². The SMILES string of the molecule is COCC(C)CN=C(N)NO. The highest BCUT2D eigenvalue weighted by Crippen LogP contribution is 1.94. The maximum absolute atomic E-state index is 8.24. The van der Waals surface area contributed by atoms with Gasteiger partial charge in [0.1, 0.15) is 0 Å². The number of rotatable bonds is 4. The number of hydrogen-bond donors (Lipinski definition) is 3. The Labute approximate surface area is 66.2 Å². The molecule has 1 unspecified atom stereocenters. The molecular weight excluding hydrogens is 146 g/mol. The smallest absolute Gasteiger partial charge is 0.212 e. The van der Waals surface area contributed by atoms with Gasteiger partial charge in [0.25, 0.3) is 0 Å². The molecule has 0 saturated heterocycles. The van der Waals surface area contributed by atoms with Gasteiger partial charge in [-0.1, -0.05) is 6.92 Å². The molecule has 4 N–H and O–H groups in total. The summed E-state index contributed by atoms with van der Waals surface area (Å²) in [5.41, 5.74) is 6.91. The van der Waals surface area contributed by atoms with E-state index >= 15 is 0 Å². The topological polar surface area (TPSA) is 79.9 Å². The van der Waals surface area contributed by atoms with Crippen molar-refractivity contribution < 1.29 is 9.94 Å². The number of aliphatic imine (C=N–C) groups is 1. The van der Waals surface area contributed by atoms with Crippen LogP contribution in [0.25, 0.3) is 0 Å². The van der Waals surface area contributed by atoms with E-state index in [1.807, 2.05) is 6.92 Å². The van der Waals surface area contributed by atoms with Gasteiger partial charge in [-0.2, -0.15) is 0 Å². The lowest BCUT2D eigenvalue weighted by Gasteiger charge is -2.06. The van der Waals surface area contributed by atoms with E-state index in [1.54, 1.807) is 12.6 Å². The van der Waals surface area contributed by atoms with Gasteiger partial charge in [-0.05, 0) is 5.92 Å². The molecule has 1 atom stereocenters. The van der Waals surface area contributed by atoms with Crippen LogP contribution in [0.15, 0.2) is 4.99 Å². The average Bonchev–Trinajstić information content (AvgIpc) is 2.01. The van der Waals surface area contributed by atoms with Crippen molar-refractivity contribution in [3.8, 4) is 0 Å². The van der Waals surface area contributed by atoms with Crippen molar-refractivity contribution in [1.29, 1.82) is 0 Å². The molecule has 0 bridgehead atoms. The molecule has 5 heteroatoms. The summed E-state index contributed by atoms with van der Waals surface area (Å²) in [5, 5.41) is 8.24. The summed E-state index contributed by atoms with van der Waals surface area (Å²) in [4.78, 5) is 3.81. The third-order valence-corrected chi connectivity index (χ3v) is 1.14. The van der Waals surface area contributed by atoms with Crippen molar-refractivity contribution in [3.63, 3.8) is 0 Å². The number of nitrogens with zero attached hydrogens (tertiary/aromatic N) is 1. The van der Waals surface area contributed by atoms with Gasteiger partial charge < -0.3 is 10.5 Å². The minimum atomic E-state index is 0.0351. The minimum absolute atomic E-state index is 0.0351. The first-order valence-electron chi connectivity index (χ1n) is 3.39. The molecular formula is C6H15N3O2. The van der Waals surface area contributed by atoms with Crippen LogP contribution in [-0.2, 0) is 4.74 Å². The molecule has 0 aromatic heterocycles. The summed E-state index contributed by atoms with van der Waals surface area (Å²) >= 11 is 0. The van der Waals surface area contributed by atoms with Gasteiger partial charge in [-0.25, -0.2) is 5.48 Å². The number of nitrogens with two attached hydrogens (primary N) is 1. The Morgan fingerprint density at radius 2 is 2.45 bits per heavy atom. The first kappa shape index (κ1) is 10.2. The van der Waals surface area contributed by atoms with Crippen LogP contribution >= 0.6 is 0 Å². The fourth-order valence-electron chi connectivity index (χ4n) is 0.627. The standard InChI is InChI=1S/C6H15N3O2/c1-5(4-11-2)3-8-6(7)9-10/h5,10H,3-4H2,1-2H3,(H3,7,8,9). The van der Waals surface area contributed by atoms with Crippen molar-refractivity contribution in [3.05, 3.63) is 0 Å². The van der Waals surface area contributed by atoms with Gasteiger partial charge in [-0.3, -0.25) is 10.2 Å². The van der Waals surface area contributed by atoms with E-state index in [1.165, 1.54) is 0 Å². The molecule has 5 nitrogen and oxygen atoms in total. The van der Waals surface area contributed by atoms with Gasteiger partial charge in [-0.15, -0.1) is 0 Å². The summed E-state index contributed by atoms with van der Waals surface area (Å²) < 4.78 is 4.88. The van der Waals surface area contributed by atoms with Crippen LogP contribution in [0.4, 0.5) is 0 Å². The Kier molecular flexibility index (Phi) is 5.50. The summed E-state index contributed by atoms with van der Waals surface area (Å²) in [6, 6.07) is 0. The Bertz CT molecular complexity index is 127. The summed E-state index contributed by atoms with van der Waals surface area (Å²) in [7, 11) is 1.63. The number of nitrogens with one attached hydrogen (secondary N) is 1. The quantitative estimate of drug-likeness (QED) is 0.297. The second kappa shape index (κ2) is 5.94. The molecule has 0 amide bonds. The summed E-state index contributed by atoms with van der Waals surface area (Å²) in [6.45, 7) is 3.17. The molecule has 0 radical (unpaired) electrons. The van der Waals surface area contributed by atoms with Gasteiger partial charge in [0, 0.05) is 13.7 Å². The average molecular weight is 161 g/mol. The number of hydroxylamine groups is 1. The van der Waals surface area contributed by atoms with Crippen molar-refractivity contribution in [2.75, 3.05) is 20.3 Å². The van der Waals surface area contributed by atoms with E-state index in [4.69, 9.17) is 15.7 Å². The summed E-state index contributed by atoms with van der Waals surface area (Å²) in [6.07, 6.45) is 0. The highest BCUT2D eigenvalue weighted by atomic mass is 16.5. The van der Waals surface area contributed by atoms with E-state index in [-0.39, 0.29) is 5.96 Å². The number of guanidine groups is 1. The Morgan fingerprint density at radius 3 is 2.91 bits per heavy atom. The van der Waals surface area contributed by atoms with Crippen molar-refractivity contribution in [2.24, 2.45) is 16.6 Å². The fraction of sp³-hybridized carbons (Fsp3) is 0.833.